The van der Waals surface area contributed by atoms with Gasteiger partial charge in [-0.25, -0.2) is 0 Å². The number of nitro benzene ring substituents is 1. The summed E-state index contributed by atoms with van der Waals surface area (Å²) in [6.45, 7) is 0. The Morgan fingerprint density at radius 1 is 1.26 bits per heavy atom. The summed E-state index contributed by atoms with van der Waals surface area (Å²) in [7, 11) is 1.27. The minimum atomic E-state index is -1.05. The first-order chi connectivity index (χ1) is 11.0. The van der Waals surface area contributed by atoms with Crippen molar-refractivity contribution in [3.05, 3.63) is 69.7 Å². The molecule has 0 bridgehead atoms. The molecule has 0 saturated carbocycles. The second-order valence-corrected chi connectivity index (χ2v) is 4.84. The number of nitro groups is 1. The van der Waals surface area contributed by atoms with Crippen LogP contribution in [0.15, 0.2) is 42.6 Å². The second kappa shape index (κ2) is 5.53. The highest BCUT2D eigenvalue weighted by Crippen LogP contribution is 2.31. The highest BCUT2D eigenvalue weighted by atomic mass is 19.1. The monoisotopic (exact) mass is 314 g/mol. The maximum atomic E-state index is 13.7. The molecule has 0 amide bonds. The largest absolute Gasteiger partial charge is 0.496 e. The van der Waals surface area contributed by atoms with Crippen molar-refractivity contribution in [1.82, 2.24) is 4.98 Å². The Morgan fingerprint density at radius 2 is 2.00 bits per heavy atom. The summed E-state index contributed by atoms with van der Waals surface area (Å²) in [5, 5.41) is 11.6. The van der Waals surface area contributed by atoms with Crippen LogP contribution >= 0.6 is 0 Å². The van der Waals surface area contributed by atoms with Crippen molar-refractivity contribution in [3.8, 4) is 5.75 Å². The predicted octanol–water partition coefficient (Wildman–Crippen LogP) is 3.45. The quantitative estimate of drug-likeness (QED) is 0.454. The number of halogens is 1. The maximum absolute atomic E-state index is 13.7. The Balaban J connectivity index is 2.19. The molecule has 1 heterocycles. The second-order valence-electron chi connectivity index (χ2n) is 4.84. The fourth-order valence-corrected chi connectivity index (χ4v) is 2.43. The van der Waals surface area contributed by atoms with Crippen LogP contribution in [0.1, 0.15) is 15.9 Å². The van der Waals surface area contributed by atoms with E-state index < -0.39 is 22.2 Å². The summed E-state index contributed by atoms with van der Waals surface area (Å²) in [5.74, 6) is -1.59. The molecule has 1 N–H and O–H groups in total. The molecule has 3 rings (SSSR count). The Hall–Kier alpha value is -3.22. The number of methoxy groups -OCH3 is 1. The standard InChI is InChI=1S/C16H11FN2O4/c1-23-15-7-12(17)14(19(21)22)6-10(15)16(20)11-8-18-13-5-3-2-4-9(11)13/h2-8,18H,1H3. The van der Waals surface area contributed by atoms with E-state index >= 15 is 0 Å². The van der Waals surface area contributed by atoms with E-state index in [0.29, 0.717) is 10.9 Å². The lowest BCUT2D eigenvalue weighted by Gasteiger charge is -2.07. The highest BCUT2D eigenvalue weighted by Gasteiger charge is 2.24. The van der Waals surface area contributed by atoms with Crippen molar-refractivity contribution in [1.29, 1.82) is 0 Å². The molecule has 0 fully saturated rings. The van der Waals surface area contributed by atoms with E-state index in [1.165, 1.54) is 13.3 Å². The van der Waals surface area contributed by atoms with E-state index in [9.17, 15) is 19.3 Å². The number of carbonyl (C=O) groups excluding carboxylic acids is 1. The molecule has 0 atom stereocenters. The molecule has 7 heteroatoms. The molecule has 23 heavy (non-hydrogen) atoms. The minimum Gasteiger partial charge on any atom is -0.496 e. The molecule has 0 aliphatic rings. The van der Waals surface area contributed by atoms with Crippen molar-refractivity contribution < 1.29 is 18.8 Å². The Labute approximate surface area is 129 Å². The maximum Gasteiger partial charge on any atom is 0.305 e. The number of nitrogens with zero attached hydrogens (tertiary/aromatic N) is 1. The number of benzene rings is 2. The number of aromatic amines is 1. The molecular weight excluding hydrogens is 303 g/mol. The van der Waals surface area contributed by atoms with Crippen LogP contribution in [0.2, 0.25) is 0 Å². The SMILES string of the molecule is COc1cc(F)c([N+](=O)[O-])cc1C(=O)c1c[nH]c2ccccc12. The average Bonchev–Trinajstić information content (AvgIpc) is 2.97. The van der Waals surface area contributed by atoms with Gasteiger partial charge in [-0.3, -0.25) is 14.9 Å². The molecule has 0 aliphatic heterocycles. The highest BCUT2D eigenvalue weighted by molar-refractivity contribution is 6.17. The number of ketones is 1. The van der Waals surface area contributed by atoms with Crippen LogP contribution in [0.3, 0.4) is 0 Å². The first kappa shape index (κ1) is 14.7. The third-order valence-corrected chi connectivity index (χ3v) is 3.54. The van der Waals surface area contributed by atoms with Crippen molar-refractivity contribution in [2.45, 2.75) is 0 Å². The van der Waals surface area contributed by atoms with E-state index in [2.05, 4.69) is 4.98 Å². The van der Waals surface area contributed by atoms with Gasteiger partial charge in [-0.2, -0.15) is 4.39 Å². The van der Waals surface area contributed by atoms with Crippen LogP contribution in [-0.4, -0.2) is 22.8 Å². The van der Waals surface area contributed by atoms with Crippen molar-refractivity contribution >= 4 is 22.4 Å². The van der Waals surface area contributed by atoms with Gasteiger partial charge in [0.1, 0.15) is 5.75 Å². The van der Waals surface area contributed by atoms with E-state index in [-0.39, 0.29) is 11.3 Å². The van der Waals surface area contributed by atoms with Crippen molar-refractivity contribution in [2.75, 3.05) is 7.11 Å². The third-order valence-electron chi connectivity index (χ3n) is 3.54. The fourth-order valence-electron chi connectivity index (χ4n) is 2.43. The van der Waals surface area contributed by atoms with E-state index in [4.69, 9.17) is 4.74 Å². The van der Waals surface area contributed by atoms with E-state index in [1.807, 2.05) is 6.07 Å². The van der Waals surface area contributed by atoms with Crippen molar-refractivity contribution in [2.24, 2.45) is 0 Å². The lowest BCUT2D eigenvalue weighted by Crippen LogP contribution is -2.06. The molecule has 0 aliphatic carbocycles. The fraction of sp³-hybridized carbons (Fsp3) is 0.0625. The summed E-state index contributed by atoms with van der Waals surface area (Å²) >= 11 is 0. The first-order valence-corrected chi connectivity index (χ1v) is 6.65. The smallest absolute Gasteiger partial charge is 0.305 e. The molecule has 0 unspecified atom stereocenters. The average molecular weight is 314 g/mol. The lowest BCUT2D eigenvalue weighted by atomic mass is 10.0. The van der Waals surface area contributed by atoms with E-state index in [1.54, 1.807) is 18.2 Å². The van der Waals surface area contributed by atoms with Crippen LogP contribution in [0.25, 0.3) is 10.9 Å². The number of rotatable bonds is 4. The van der Waals surface area contributed by atoms with Crippen LogP contribution in [0, 0.1) is 15.9 Å². The summed E-state index contributed by atoms with van der Waals surface area (Å²) in [6.07, 6.45) is 1.52. The third kappa shape index (κ3) is 2.42. The van der Waals surface area contributed by atoms with Gasteiger partial charge in [-0.1, -0.05) is 18.2 Å². The number of carbonyl (C=O) groups is 1. The molecule has 0 spiro atoms. The minimum absolute atomic E-state index is 0.0524. The number of aromatic nitrogens is 1. The number of fused-ring (bicyclic) bond motifs is 1. The van der Waals surface area contributed by atoms with Gasteiger partial charge in [0, 0.05) is 34.8 Å². The number of para-hydroxylation sites is 1. The van der Waals surface area contributed by atoms with Gasteiger partial charge in [0.05, 0.1) is 17.6 Å². The Bertz CT molecular complexity index is 933. The molecule has 0 saturated heterocycles. The van der Waals surface area contributed by atoms with Crippen LogP contribution < -0.4 is 4.74 Å². The van der Waals surface area contributed by atoms with Gasteiger partial charge >= 0.3 is 5.69 Å². The number of ether oxygens (including phenoxy) is 1. The predicted molar refractivity (Wildman–Crippen MR) is 81.3 cm³/mol. The Kier molecular flexibility index (Phi) is 3.53. The number of nitrogens with one attached hydrogen (secondary N) is 1. The molecular formula is C16H11FN2O4. The number of H-pyrrole nitrogens is 1. The summed E-state index contributed by atoms with van der Waals surface area (Å²) in [4.78, 5) is 25.7. The zero-order valence-electron chi connectivity index (χ0n) is 12.0. The van der Waals surface area contributed by atoms with Gasteiger partial charge in [0.25, 0.3) is 0 Å². The normalized spacial score (nSPS) is 10.7. The molecule has 1 aromatic heterocycles. The topological polar surface area (TPSA) is 85.2 Å². The lowest BCUT2D eigenvalue weighted by molar-refractivity contribution is -0.387. The molecule has 3 aromatic rings. The van der Waals surface area contributed by atoms with Gasteiger partial charge in [0.15, 0.2) is 5.78 Å². The van der Waals surface area contributed by atoms with Crippen LogP contribution in [-0.2, 0) is 0 Å². The zero-order chi connectivity index (χ0) is 16.6. The molecule has 116 valence electrons. The van der Waals surface area contributed by atoms with Gasteiger partial charge in [-0.15, -0.1) is 0 Å². The molecule has 0 radical (unpaired) electrons. The van der Waals surface area contributed by atoms with Gasteiger partial charge < -0.3 is 9.72 Å². The summed E-state index contributed by atoms with van der Waals surface area (Å²) < 4.78 is 18.7. The van der Waals surface area contributed by atoms with Crippen molar-refractivity contribution in [3.63, 3.8) is 0 Å². The van der Waals surface area contributed by atoms with Crippen LogP contribution in [0.4, 0.5) is 10.1 Å². The van der Waals surface area contributed by atoms with Gasteiger partial charge in [-0.05, 0) is 6.07 Å². The molecule has 6 nitrogen and oxygen atoms in total. The molecule has 2 aromatic carbocycles. The van der Waals surface area contributed by atoms with Gasteiger partial charge in [0.2, 0.25) is 5.82 Å². The van der Waals surface area contributed by atoms with E-state index in [0.717, 1.165) is 17.6 Å². The van der Waals surface area contributed by atoms with Crippen LogP contribution in [0.5, 0.6) is 5.75 Å². The Morgan fingerprint density at radius 3 is 2.70 bits per heavy atom. The zero-order valence-corrected chi connectivity index (χ0v) is 12.0. The number of hydrogen-bond donors (Lipinski definition) is 1. The first-order valence-electron chi connectivity index (χ1n) is 6.65. The number of hydrogen-bond acceptors (Lipinski definition) is 4. The summed E-state index contributed by atoms with van der Waals surface area (Å²) in [6, 6.07) is 8.89. The summed E-state index contributed by atoms with van der Waals surface area (Å²) in [5.41, 5.74) is 0.255.